The van der Waals surface area contributed by atoms with Crippen molar-refractivity contribution >= 4 is 21.7 Å². The molecule has 0 bridgehead atoms. The second-order valence-electron chi connectivity index (χ2n) is 7.27. The number of anilines is 1. The van der Waals surface area contributed by atoms with E-state index in [4.69, 9.17) is 4.98 Å². The molecule has 1 fully saturated rings. The van der Waals surface area contributed by atoms with Crippen LogP contribution in [0.25, 0.3) is 0 Å². The molecule has 1 aliphatic rings. The van der Waals surface area contributed by atoms with Crippen LogP contribution in [0, 0.1) is 5.41 Å². The van der Waals surface area contributed by atoms with Gasteiger partial charge in [0.15, 0.2) is 0 Å². The van der Waals surface area contributed by atoms with E-state index in [2.05, 4.69) is 60.4 Å². The Balaban J connectivity index is 2.24. The normalized spacial score (nSPS) is 19.6. The minimum absolute atomic E-state index is 0.0203. The first-order valence-electron chi connectivity index (χ1n) is 6.97. The fourth-order valence-corrected chi connectivity index (χ4v) is 2.62. The van der Waals surface area contributed by atoms with Gasteiger partial charge in [0.1, 0.15) is 16.2 Å². The second-order valence-corrected chi connectivity index (χ2v) is 8.09. The van der Waals surface area contributed by atoms with Crippen molar-refractivity contribution in [3.05, 3.63) is 16.5 Å². The van der Waals surface area contributed by atoms with E-state index in [-0.39, 0.29) is 5.41 Å². The Morgan fingerprint density at radius 2 is 1.74 bits per heavy atom. The van der Waals surface area contributed by atoms with Gasteiger partial charge in [-0.15, -0.1) is 0 Å². The maximum atomic E-state index is 4.76. The standard InChI is InChI=1S/C15H24BrN3/c1-14(2,3)13-17-11(16)10-12(18-13)19-8-6-15(4,5)7-9-19/h10H,6-9H2,1-5H3. The van der Waals surface area contributed by atoms with Crippen molar-refractivity contribution in [2.24, 2.45) is 5.41 Å². The molecule has 0 aliphatic carbocycles. The fourth-order valence-electron chi connectivity index (χ4n) is 2.24. The van der Waals surface area contributed by atoms with E-state index in [0.29, 0.717) is 5.41 Å². The molecule has 1 aromatic heterocycles. The maximum absolute atomic E-state index is 4.76. The lowest BCUT2D eigenvalue weighted by atomic mass is 9.83. The van der Waals surface area contributed by atoms with Gasteiger partial charge in [0.2, 0.25) is 0 Å². The zero-order valence-corrected chi connectivity index (χ0v) is 14.2. The van der Waals surface area contributed by atoms with Gasteiger partial charge >= 0.3 is 0 Å². The number of hydrogen-bond acceptors (Lipinski definition) is 3. The molecule has 106 valence electrons. The molecule has 0 N–H and O–H groups in total. The average molecular weight is 326 g/mol. The summed E-state index contributed by atoms with van der Waals surface area (Å²) in [6.07, 6.45) is 2.44. The van der Waals surface area contributed by atoms with Crippen LogP contribution in [0.1, 0.15) is 53.3 Å². The number of rotatable bonds is 1. The van der Waals surface area contributed by atoms with E-state index in [1.165, 1.54) is 12.8 Å². The van der Waals surface area contributed by atoms with Gasteiger partial charge in [-0.25, -0.2) is 9.97 Å². The first-order valence-corrected chi connectivity index (χ1v) is 7.77. The van der Waals surface area contributed by atoms with E-state index in [0.717, 1.165) is 29.3 Å². The molecule has 4 heteroatoms. The summed E-state index contributed by atoms with van der Waals surface area (Å²) >= 11 is 3.52. The summed E-state index contributed by atoms with van der Waals surface area (Å²) in [6.45, 7) is 13.3. The van der Waals surface area contributed by atoms with Crippen LogP contribution in [0.5, 0.6) is 0 Å². The largest absolute Gasteiger partial charge is 0.356 e. The SMILES string of the molecule is CC1(C)CCN(c2cc(Br)nc(C(C)(C)C)n2)CC1. The minimum atomic E-state index is -0.0203. The summed E-state index contributed by atoms with van der Waals surface area (Å²) in [5.74, 6) is 1.96. The quantitative estimate of drug-likeness (QED) is 0.726. The van der Waals surface area contributed by atoms with Crippen LogP contribution in [0.4, 0.5) is 5.82 Å². The first-order chi connectivity index (χ1) is 8.67. The molecule has 19 heavy (non-hydrogen) atoms. The summed E-state index contributed by atoms with van der Waals surface area (Å²) in [5.41, 5.74) is 0.446. The molecule has 1 aromatic rings. The predicted octanol–water partition coefficient (Wildman–Crippen LogP) is 4.16. The Morgan fingerprint density at radius 3 is 2.26 bits per heavy atom. The summed E-state index contributed by atoms with van der Waals surface area (Å²) in [7, 11) is 0. The van der Waals surface area contributed by atoms with Gasteiger partial charge in [0, 0.05) is 24.6 Å². The van der Waals surface area contributed by atoms with E-state index in [1.54, 1.807) is 0 Å². The van der Waals surface area contributed by atoms with Gasteiger partial charge in [0.05, 0.1) is 0 Å². The van der Waals surface area contributed by atoms with Crippen molar-refractivity contribution < 1.29 is 0 Å². The number of nitrogens with zero attached hydrogens (tertiary/aromatic N) is 3. The Morgan fingerprint density at radius 1 is 1.16 bits per heavy atom. The highest BCUT2D eigenvalue weighted by molar-refractivity contribution is 9.10. The summed E-state index contributed by atoms with van der Waals surface area (Å²) in [5, 5.41) is 0. The Kier molecular flexibility index (Phi) is 3.92. The van der Waals surface area contributed by atoms with Crippen molar-refractivity contribution in [1.82, 2.24) is 9.97 Å². The molecule has 2 heterocycles. The molecule has 1 aliphatic heterocycles. The first kappa shape index (κ1) is 14.8. The third-order valence-electron chi connectivity index (χ3n) is 3.79. The molecule has 0 saturated carbocycles. The van der Waals surface area contributed by atoms with E-state index < -0.39 is 0 Å². The molecular weight excluding hydrogens is 302 g/mol. The van der Waals surface area contributed by atoms with Gasteiger partial charge in [-0.3, -0.25) is 0 Å². The molecule has 2 rings (SSSR count). The van der Waals surface area contributed by atoms with Crippen LogP contribution in [0.2, 0.25) is 0 Å². The van der Waals surface area contributed by atoms with Crippen LogP contribution in [0.15, 0.2) is 10.7 Å². The fraction of sp³-hybridized carbons (Fsp3) is 0.733. The summed E-state index contributed by atoms with van der Waals surface area (Å²) in [4.78, 5) is 11.7. The number of piperidine rings is 1. The lowest BCUT2D eigenvalue weighted by molar-refractivity contribution is 0.279. The predicted molar refractivity (Wildman–Crippen MR) is 83.7 cm³/mol. The van der Waals surface area contributed by atoms with Crippen LogP contribution in [0.3, 0.4) is 0 Å². The van der Waals surface area contributed by atoms with Gasteiger partial charge in [-0.2, -0.15) is 0 Å². The maximum Gasteiger partial charge on any atom is 0.137 e. The highest BCUT2D eigenvalue weighted by Gasteiger charge is 2.27. The zero-order chi connectivity index (χ0) is 14.3. The van der Waals surface area contributed by atoms with E-state index in [1.807, 2.05) is 6.07 Å². The smallest absolute Gasteiger partial charge is 0.137 e. The molecule has 0 amide bonds. The van der Waals surface area contributed by atoms with Crippen molar-refractivity contribution in [2.75, 3.05) is 18.0 Å². The van der Waals surface area contributed by atoms with E-state index >= 15 is 0 Å². The highest BCUT2D eigenvalue weighted by atomic mass is 79.9. The topological polar surface area (TPSA) is 29.0 Å². The second kappa shape index (κ2) is 5.04. The highest BCUT2D eigenvalue weighted by Crippen LogP contribution is 2.32. The van der Waals surface area contributed by atoms with Gasteiger partial charge in [-0.05, 0) is 34.2 Å². The van der Waals surface area contributed by atoms with Crippen molar-refractivity contribution in [2.45, 2.75) is 52.9 Å². The molecule has 0 spiro atoms. The third kappa shape index (κ3) is 3.68. The van der Waals surface area contributed by atoms with Gasteiger partial charge in [-0.1, -0.05) is 34.6 Å². The molecule has 0 unspecified atom stereocenters. The molecule has 0 radical (unpaired) electrons. The van der Waals surface area contributed by atoms with Crippen LogP contribution >= 0.6 is 15.9 Å². The van der Waals surface area contributed by atoms with Gasteiger partial charge < -0.3 is 4.90 Å². The number of aromatic nitrogens is 2. The Bertz CT molecular complexity index is 453. The van der Waals surface area contributed by atoms with Crippen molar-refractivity contribution in [1.29, 1.82) is 0 Å². The molecule has 1 saturated heterocycles. The lowest BCUT2D eigenvalue weighted by Gasteiger charge is -2.37. The Hall–Kier alpha value is -0.640. The van der Waals surface area contributed by atoms with Crippen LogP contribution < -0.4 is 4.90 Å². The minimum Gasteiger partial charge on any atom is -0.356 e. The van der Waals surface area contributed by atoms with Crippen LogP contribution in [-0.4, -0.2) is 23.1 Å². The molecule has 0 atom stereocenters. The monoisotopic (exact) mass is 325 g/mol. The number of hydrogen-bond donors (Lipinski definition) is 0. The molecule has 3 nitrogen and oxygen atoms in total. The van der Waals surface area contributed by atoms with Crippen molar-refractivity contribution in [3.63, 3.8) is 0 Å². The lowest BCUT2D eigenvalue weighted by Crippen LogP contribution is -2.38. The third-order valence-corrected chi connectivity index (χ3v) is 4.20. The van der Waals surface area contributed by atoms with Gasteiger partial charge in [0.25, 0.3) is 0 Å². The summed E-state index contributed by atoms with van der Waals surface area (Å²) < 4.78 is 0.882. The molecule has 0 aromatic carbocycles. The average Bonchev–Trinajstić information content (AvgIpc) is 2.26. The van der Waals surface area contributed by atoms with Crippen LogP contribution in [-0.2, 0) is 5.41 Å². The molecular formula is C15H24BrN3. The Labute approximate surface area is 125 Å². The zero-order valence-electron chi connectivity index (χ0n) is 12.6. The summed E-state index contributed by atoms with van der Waals surface area (Å²) in [6, 6.07) is 2.04. The van der Waals surface area contributed by atoms with Crippen molar-refractivity contribution in [3.8, 4) is 0 Å². The van der Waals surface area contributed by atoms with E-state index in [9.17, 15) is 0 Å². The number of halogens is 1.